The average Bonchev–Trinajstić information content (AvgIpc) is 2.75. The van der Waals surface area contributed by atoms with Crippen LogP contribution in [0.2, 0.25) is 5.02 Å². The Hall–Kier alpha value is -1.79. The van der Waals surface area contributed by atoms with Crippen LogP contribution in [0.1, 0.15) is 18.9 Å². The lowest BCUT2D eigenvalue weighted by Crippen LogP contribution is -2.56. The van der Waals surface area contributed by atoms with Gasteiger partial charge in [-0.05, 0) is 27.0 Å². The fourth-order valence-corrected chi connectivity index (χ4v) is 4.09. The molecule has 0 saturated carbocycles. The zero-order chi connectivity index (χ0) is 17.9. The van der Waals surface area contributed by atoms with Gasteiger partial charge in [0, 0.05) is 42.5 Å². The number of benzene rings is 1. The van der Waals surface area contributed by atoms with Gasteiger partial charge in [0.05, 0.1) is 22.8 Å². The number of H-pyrrole nitrogens is 1. The molecule has 0 radical (unpaired) electrons. The van der Waals surface area contributed by atoms with E-state index in [1.165, 1.54) is 6.07 Å². The molecule has 2 aliphatic heterocycles. The van der Waals surface area contributed by atoms with E-state index in [4.69, 9.17) is 16.3 Å². The molecular weight excluding hydrogens is 345 g/mol. The second-order valence-corrected chi connectivity index (χ2v) is 7.46. The maximum atomic E-state index is 14.4. The Balaban J connectivity index is 2.03. The van der Waals surface area contributed by atoms with Crippen molar-refractivity contribution in [3.63, 3.8) is 0 Å². The van der Waals surface area contributed by atoms with E-state index in [-0.39, 0.29) is 28.2 Å². The summed E-state index contributed by atoms with van der Waals surface area (Å²) in [7, 11) is 2.10. The van der Waals surface area contributed by atoms with Gasteiger partial charge in [-0.15, -0.1) is 0 Å². The number of nitrogens with one attached hydrogen (secondary N) is 1. The van der Waals surface area contributed by atoms with Gasteiger partial charge in [-0.1, -0.05) is 11.6 Å². The number of aromatic amines is 1. The van der Waals surface area contributed by atoms with Crippen molar-refractivity contribution in [1.82, 2.24) is 9.88 Å². The van der Waals surface area contributed by atoms with E-state index in [9.17, 15) is 9.18 Å². The van der Waals surface area contributed by atoms with Crippen LogP contribution in [0.15, 0.2) is 10.9 Å². The molecule has 134 valence electrons. The van der Waals surface area contributed by atoms with Crippen LogP contribution < -0.4 is 15.2 Å². The molecule has 2 aliphatic rings. The summed E-state index contributed by atoms with van der Waals surface area (Å²) >= 11 is 6.34. The lowest BCUT2D eigenvalue weighted by Gasteiger charge is -2.44. The van der Waals surface area contributed by atoms with Gasteiger partial charge in [0.1, 0.15) is 5.82 Å². The largest absolute Gasteiger partial charge is 0.486 e. The first-order valence-electron chi connectivity index (χ1n) is 8.52. The van der Waals surface area contributed by atoms with Crippen LogP contribution in [0.5, 0.6) is 5.75 Å². The summed E-state index contributed by atoms with van der Waals surface area (Å²) in [5.41, 5.74) is 1.16. The lowest BCUT2D eigenvalue weighted by atomic mass is 10.0. The molecule has 1 fully saturated rings. The topological polar surface area (TPSA) is 48.6 Å². The third-order valence-electron chi connectivity index (χ3n) is 5.50. The first kappa shape index (κ1) is 16.7. The van der Waals surface area contributed by atoms with E-state index in [0.717, 1.165) is 19.5 Å². The molecule has 0 aliphatic carbocycles. The molecule has 1 aromatic carbocycles. The molecule has 3 heterocycles. The van der Waals surface area contributed by atoms with E-state index in [1.54, 1.807) is 6.92 Å². The Labute approximate surface area is 150 Å². The number of anilines is 1. The van der Waals surface area contributed by atoms with Gasteiger partial charge in [0.2, 0.25) is 5.75 Å². The van der Waals surface area contributed by atoms with Crippen molar-refractivity contribution in [2.45, 2.75) is 32.4 Å². The maximum Gasteiger partial charge on any atom is 0.293 e. The van der Waals surface area contributed by atoms with Gasteiger partial charge in [-0.2, -0.15) is 0 Å². The minimum Gasteiger partial charge on any atom is -0.486 e. The van der Waals surface area contributed by atoms with E-state index in [1.807, 2.05) is 0 Å². The predicted octanol–water partition coefficient (Wildman–Crippen LogP) is 2.92. The number of ether oxygens (including phenoxy) is 1. The molecule has 1 saturated heterocycles. The Bertz CT molecular complexity index is 914. The van der Waals surface area contributed by atoms with E-state index < -0.39 is 0 Å². The number of nitrogens with zero attached hydrogens (tertiary/aromatic N) is 2. The maximum absolute atomic E-state index is 14.4. The van der Waals surface area contributed by atoms with Crippen LogP contribution in [0.25, 0.3) is 10.9 Å². The summed E-state index contributed by atoms with van der Waals surface area (Å²) in [6.45, 7) is 5.85. The van der Waals surface area contributed by atoms with Crippen LogP contribution in [0.4, 0.5) is 10.1 Å². The minimum atomic E-state index is -0.380. The summed E-state index contributed by atoms with van der Waals surface area (Å²) in [4.78, 5) is 19.9. The second kappa shape index (κ2) is 5.88. The van der Waals surface area contributed by atoms with Crippen molar-refractivity contribution in [2.75, 3.05) is 31.6 Å². The molecule has 2 aromatic rings. The fourth-order valence-electron chi connectivity index (χ4n) is 3.85. The zero-order valence-corrected chi connectivity index (χ0v) is 15.3. The molecule has 1 N–H and O–H groups in total. The molecule has 0 spiro atoms. The van der Waals surface area contributed by atoms with E-state index in [0.29, 0.717) is 34.8 Å². The standard InChI is InChI=1S/C18H21ClFN3O2/c1-9-7-23-11(8-22(9)3)4-5-25-17-16(23)12-6-13(20)10(2)14(19)15(12)21-18(17)24/h6,9,11H,4-5,7-8H2,1-3H3,(H,21,24). The van der Waals surface area contributed by atoms with Gasteiger partial charge in [-0.25, -0.2) is 4.39 Å². The summed E-state index contributed by atoms with van der Waals surface area (Å²) < 4.78 is 20.2. The molecule has 7 heteroatoms. The third-order valence-corrected chi connectivity index (χ3v) is 5.97. The number of likely N-dealkylation sites (N-methyl/N-ethyl adjacent to an activating group) is 1. The molecule has 0 amide bonds. The molecule has 5 nitrogen and oxygen atoms in total. The quantitative estimate of drug-likeness (QED) is 0.780. The van der Waals surface area contributed by atoms with Crippen molar-refractivity contribution in [3.05, 3.63) is 32.8 Å². The highest BCUT2D eigenvalue weighted by Gasteiger charge is 2.35. The highest BCUT2D eigenvalue weighted by molar-refractivity contribution is 6.36. The number of pyridine rings is 1. The number of halogens is 2. The third kappa shape index (κ3) is 2.50. The number of hydrogen-bond donors (Lipinski definition) is 1. The highest BCUT2D eigenvalue weighted by atomic mass is 35.5. The van der Waals surface area contributed by atoms with Crippen LogP contribution in [0, 0.1) is 12.7 Å². The molecule has 0 bridgehead atoms. The fraction of sp³-hybridized carbons (Fsp3) is 0.500. The molecule has 2 atom stereocenters. The van der Waals surface area contributed by atoms with E-state index >= 15 is 0 Å². The lowest BCUT2D eigenvalue weighted by molar-refractivity contribution is 0.189. The van der Waals surface area contributed by atoms with Crippen molar-refractivity contribution in [1.29, 1.82) is 0 Å². The number of rotatable bonds is 0. The van der Waals surface area contributed by atoms with Crippen LogP contribution in [-0.2, 0) is 0 Å². The number of hydrogen-bond acceptors (Lipinski definition) is 4. The summed E-state index contributed by atoms with van der Waals surface area (Å²) in [6.07, 6.45) is 0.814. The van der Waals surface area contributed by atoms with Gasteiger partial charge < -0.3 is 14.6 Å². The summed E-state index contributed by atoms with van der Waals surface area (Å²) in [5.74, 6) is -0.110. The summed E-state index contributed by atoms with van der Waals surface area (Å²) in [5, 5.41) is 0.851. The Kier molecular flexibility index (Phi) is 3.92. The smallest absolute Gasteiger partial charge is 0.293 e. The molecule has 2 unspecified atom stereocenters. The molecule has 25 heavy (non-hydrogen) atoms. The van der Waals surface area contributed by atoms with Crippen molar-refractivity contribution in [2.24, 2.45) is 0 Å². The second-order valence-electron chi connectivity index (χ2n) is 7.08. The number of aromatic nitrogens is 1. The number of fused-ring (bicyclic) bond motifs is 5. The van der Waals surface area contributed by atoms with Gasteiger partial charge in [-0.3, -0.25) is 9.69 Å². The zero-order valence-electron chi connectivity index (χ0n) is 14.5. The monoisotopic (exact) mass is 365 g/mol. The SMILES string of the molecule is Cc1c(F)cc2c3c(c(=O)[nH]c2c1Cl)OCCC1CN(C)C(C)CN31. The predicted molar refractivity (Wildman–Crippen MR) is 97.6 cm³/mol. The van der Waals surface area contributed by atoms with Crippen LogP contribution in [0.3, 0.4) is 0 Å². The Morgan fingerprint density at radius 2 is 2.16 bits per heavy atom. The van der Waals surface area contributed by atoms with Crippen LogP contribution >= 0.6 is 11.6 Å². The summed E-state index contributed by atoms with van der Waals surface area (Å²) in [6, 6.07) is 2.00. The average molecular weight is 366 g/mol. The van der Waals surface area contributed by atoms with Crippen molar-refractivity contribution >= 4 is 28.2 Å². The highest BCUT2D eigenvalue weighted by Crippen LogP contribution is 2.41. The van der Waals surface area contributed by atoms with Crippen molar-refractivity contribution < 1.29 is 9.13 Å². The van der Waals surface area contributed by atoms with Gasteiger partial charge in [0.25, 0.3) is 5.56 Å². The van der Waals surface area contributed by atoms with E-state index in [2.05, 4.69) is 28.8 Å². The molecule has 1 aromatic heterocycles. The normalized spacial score (nSPS) is 23.8. The van der Waals surface area contributed by atoms with Gasteiger partial charge >= 0.3 is 0 Å². The molecule has 4 rings (SSSR count). The molecular formula is C18H21ClFN3O2. The Morgan fingerprint density at radius 1 is 1.40 bits per heavy atom. The Morgan fingerprint density at radius 3 is 2.92 bits per heavy atom. The first-order chi connectivity index (χ1) is 11.9. The minimum absolute atomic E-state index is 0.218. The number of piperazine rings is 1. The first-order valence-corrected chi connectivity index (χ1v) is 8.90. The van der Waals surface area contributed by atoms with Gasteiger partial charge in [0.15, 0.2) is 0 Å². The van der Waals surface area contributed by atoms with Crippen LogP contribution in [-0.4, -0.2) is 48.7 Å². The van der Waals surface area contributed by atoms with Crippen molar-refractivity contribution in [3.8, 4) is 5.75 Å².